The van der Waals surface area contributed by atoms with Gasteiger partial charge < -0.3 is 5.32 Å². The van der Waals surface area contributed by atoms with Crippen molar-refractivity contribution < 1.29 is 0 Å². The summed E-state index contributed by atoms with van der Waals surface area (Å²) in [6.07, 6.45) is 6.43. The molecule has 1 atom stereocenters. The van der Waals surface area contributed by atoms with E-state index in [1.165, 1.54) is 31.5 Å². The maximum atomic E-state index is 4.02. The zero-order chi connectivity index (χ0) is 9.64. The Labute approximate surface area is 89.5 Å². The van der Waals surface area contributed by atoms with Gasteiger partial charge in [-0.15, -0.1) is 0 Å². The SMILES string of the molecule is c1cc(CS[C@@H]2CCCNC2)ccn1. The molecule has 1 saturated heterocycles. The molecular formula is C11H16N2S. The molecule has 1 aromatic heterocycles. The molecule has 1 aromatic rings. The fraction of sp³-hybridized carbons (Fsp3) is 0.545. The Morgan fingerprint density at radius 1 is 1.43 bits per heavy atom. The van der Waals surface area contributed by atoms with E-state index in [-0.39, 0.29) is 0 Å². The Balaban J connectivity index is 1.76. The molecular weight excluding hydrogens is 192 g/mol. The molecule has 2 heterocycles. The minimum absolute atomic E-state index is 0.803. The van der Waals surface area contributed by atoms with Crippen molar-refractivity contribution in [3.8, 4) is 0 Å². The monoisotopic (exact) mass is 208 g/mol. The second-order valence-corrected chi connectivity index (χ2v) is 4.92. The van der Waals surface area contributed by atoms with Crippen molar-refractivity contribution in [2.45, 2.75) is 23.8 Å². The van der Waals surface area contributed by atoms with Crippen LogP contribution in [0.2, 0.25) is 0 Å². The van der Waals surface area contributed by atoms with Gasteiger partial charge in [-0.2, -0.15) is 11.8 Å². The molecule has 1 aliphatic rings. The molecule has 2 nitrogen and oxygen atoms in total. The van der Waals surface area contributed by atoms with Gasteiger partial charge in [-0.3, -0.25) is 4.98 Å². The molecule has 0 radical (unpaired) electrons. The first kappa shape index (κ1) is 9.99. The zero-order valence-corrected chi connectivity index (χ0v) is 9.09. The van der Waals surface area contributed by atoms with Gasteiger partial charge >= 0.3 is 0 Å². The third-order valence-electron chi connectivity index (χ3n) is 2.49. The Morgan fingerprint density at radius 3 is 3.00 bits per heavy atom. The molecule has 1 aliphatic heterocycles. The molecule has 1 fully saturated rings. The van der Waals surface area contributed by atoms with E-state index in [2.05, 4.69) is 34.2 Å². The zero-order valence-electron chi connectivity index (χ0n) is 8.28. The highest BCUT2D eigenvalue weighted by molar-refractivity contribution is 7.99. The molecule has 0 unspecified atom stereocenters. The lowest BCUT2D eigenvalue weighted by Crippen LogP contribution is -2.31. The van der Waals surface area contributed by atoms with Crippen LogP contribution in [0.15, 0.2) is 24.5 Å². The quantitative estimate of drug-likeness (QED) is 0.823. The van der Waals surface area contributed by atoms with E-state index in [0.29, 0.717) is 0 Å². The normalized spacial score (nSPS) is 22.1. The van der Waals surface area contributed by atoms with Crippen molar-refractivity contribution >= 4 is 11.8 Å². The average molecular weight is 208 g/mol. The molecule has 1 N–H and O–H groups in total. The second kappa shape index (κ2) is 5.37. The third-order valence-corrected chi connectivity index (χ3v) is 3.86. The summed E-state index contributed by atoms with van der Waals surface area (Å²) in [6, 6.07) is 4.20. The van der Waals surface area contributed by atoms with E-state index in [1.807, 2.05) is 12.4 Å². The Bertz CT molecular complexity index is 257. The van der Waals surface area contributed by atoms with Crippen LogP contribution in [0.4, 0.5) is 0 Å². The van der Waals surface area contributed by atoms with Crippen LogP contribution >= 0.6 is 11.8 Å². The predicted octanol–water partition coefficient (Wildman–Crippen LogP) is 2.07. The number of hydrogen-bond donors (Lipinski definition) is 1. The van der Waals surface area contributed by atoms with Gasteiger partial charge in [0.05, 0.1) is 0 Å². The summed E-state index contributed by atoms with van der Waals surface area (Å²) in [7, 11) is 0. The van der Waals surface area contributed by atoms with Crippen molar-refractivity contribution in [1.29, 1.82) is 0 Å². The first-order valence-corrected chi connectivity index (χ1v) is 6.21. The molecule has 76 valence electrons. The van der Waals surface area contributed by atoms with Gasteiger partial charge in [0.2, 0.25) is 0 Å². The second-order valence-electron chi connectivity index (χ2n) is 3.63. The van der Waals surface area contributed by atoms with Crippen LogP contribution in [0.1, 0.15) is 18.4 Å². The smallest absolute Gasteiger partial charge is 0.0270 e. The van der Waals surface area contributed by atoms with Crippen molar-refractivity contribution in [2.75, 3.05) is 13.1 Å². The number of thioether (sulfide) groups is 1. The van der Waals surface area contributed by atoms with E-state index in [1.54, 1.807) is 0 Å². The predicted molar refractivity (Wildman–Crippen MR) is 61.4 cm³/mol. The maximum Gasteiger partial charge on any atom is 0.0270 e. The van der Waals surface area contributed by atoms with Crippen molar-refractivity contribution in [3.63, 3.8) is 0 Å². The Morgan fingerprint density at radius 2 is 2.29 bits per heavy atom. The van der Waals surface area contributed by atoms with Crippen molar-refractivity contribution in [1.82, 2.24) is 10.3 Å². The highest BCUT2D eigenvalue weighted by Crippen LogP contribution is 2.22. The largest absolute Gasteiger partial charge is 0.316 e. The molecule has 0 aromatic carbocycles. The number of nitrogens with zero attached hydrogens (tertiary/aromatic N) is 1. The lowest BCUT2D eigenvalue weighted by molar-refractivity contribution is 0.531. The average Bonchev–Trinajstić information content (AvgIpc) is 2.29. The minimum atomic E-state index is 0.803. The van der Waals surface area contributed by atoms with Gasteiger partial charge in [0.25, 0.3) is 0 Å². The first-order valence-electron chi connectivity index (χ1n) is 5.16. The Hall–Kier alpha value is -0.540. The maximum absolute atomic E-state index is 4.02. The summed E-state index contributed by atoms with van der Waals surface area (Å²) in [5.74, 6) is 1.12. The van der Waals surface area contributed by atoms with Gasteiger partial charge in [0.1, 0.15) is 0 Å². The lowest BCUT2D eigenvalue weighted by atomic mass is 10.2. The molecule has 0 amide bonds. The summed E-state index contributed by atoms with van der Waals surface area (Å²) < 4.78 is 0. The van der Waals surface area contributed by atoms with E-state index < -0.39 is 0 Å². The summed E-state index contributed by atoms with van der Waals surface area (Å²) >= 11 is 2.06. The molecule has 0 saturated carbocycles. The summed E-state index contributed by atoms with van der Waals surface area (Å²) in [5.41, 5.74) is 1.38. The number of hydrogen-bond acceptors (Lipinski definition) is 3. The standard InChI is InChI=1S/C11H16N2S/c1-2-11(8-13-5-1)14-9-10-3-6-12-7-4-10/h3-4,6-7,11,13H,1-2,5,8-9H2/t11-/m1/s1. The number of pyridine rings is 1. The van der Waals surface area contributed by atoms with Crippen LogP contribution < -0.4 is 5.32 Å². The summed E-state index contributed by atoms with van der Waals surface area (Å²) in [5, 5.41) is 4.24. The van der Waals surface area contributed by atoms with Gasteiger partial charge in [-0.25, -0.2) is 0 Å². The van der Waals surface area contributed by atoms with Crippen LogP contribution in [0, 0.1) is 0 Å². The van der Waals surface area contributed by atoms with Crippen LogP contribution in [-0.2, 0) is 5.75 Å². The highest BCUT2D eigenvalue weighted by atomic mass is 32.2. The van der Waals surface area contributed by atoms with Crippen molar-refractivity contribution in [2.24, 2.45) is 0 Å². The lowest BCUT2D eigenvalue weighted by Gasteiger charge is -2.22. The molecule has 2 rings (SSSR count). The van der Waals surface area contributed by atoms with E-state index >= 15 is 0 Å². The van der Waals surface area contributed by atoms with Gasteiger partial charge in [0, 0.05) is 29.9 Å². The van der Waals surface area contributed by atoms with Gasteiger partial charge in [-0.1, -0.05) is 0 Å². The highest BCUT2D eigenvalue weighted by Gasteiger charge is 2.12. The molecule has 0 aliphatic carbocycles. The number of nitrogens with one attached hydrogen (secondary N) is 1. The summed E-state index contributed by atoms with van der Waals surface area (Å²) in [4.78, 5) is 4.02. The third kappa shape index (κ3) is 3.00. The molecule has 14 heavy (non-hydrogen) atoms. The minimum Gasteiger partial charge on any atom is -0.316 e. The van der Waals surface area contributed by atoms with Crippen LogP contribution in [-0.4, -0.2) is 23.3 Å². The topological polar surface area (TPSA) is 24.9 Å². The summed E-state index contributed by atoms with van der Waals surface area (Å²) in [6.45, 7) is 2.38. The van der Waals surface area contributed by atoms with Gasteiger partial charge in [-0.05, 0) is 37.1 Å². The van der Waals surface area contributed by atoms with Crippen molar-refractivity contribution in [3.05, 3.63) is 30.1 Å². The molecule has 0 bridgehead atoms. The fourth-order valence-electron chi connectivity index (χ4n) is 1.66. The van der Waals surface area contributed by atoms with Crippen LogP contribution in [0.25, 0.3) is 0 Å². The molecule has 3 heteroatoms. The first-order chi connectivity index (χ1) is 6.95. The van der Waals surface area contributed by atoms with Gasteiger partial charge in [0.15, 0.2) is 0 Å². The van der Waals surface area contributed by atoms with E-state index in [4.69, 9.17) is 0 Å². The van der Waals surface area contributed by atoms with Crippen LogP contribution in [0.3, 0.4) is 0 Å². The van der Waals surface area contributed by atoms with E-state index in [0.717, 1.165) is 11.0 Å². The van der Waals surface area contributed by atoms with E-state index in [9.17, 15) is 0 Å². The number of piperidine rings is 1. The van der Waals surface area contributed by atoms with Crippen LogP contribution in [0.5, 0.6) is 0 Å². The number of rotatable bonds is 3. The molecule has 0 spiro atoms. The fourth-order valence-corrected chi connectivity index (χ4v) is 2.84. The Kier molecular flexibility index (Phi) is 3.83. The number of aromatic nitrogens is 1.